The van der Waals surface area contributed by atoms with Gasteiger partial charge in [0.25, 0.3) is 0 Å². The lowest BCUT2D eigenvalue weighted by molar-refractivity contribution is -0.127. The summed E-state index contributed by atoms with van der Waals surface area (Å²) in [7, 11) is 0. The molecule has 0 bridgehead atoms. The van der Waals surface area contributed by atoms with E-state index in [1.54, 1.807) is 11.3 Å². The molecule has 1 amide bonds. The predicted octanol–water partition coefficient (Wildman–Crippen LogP) is 1.89. The van der Waals surface area contributed by atoms with Crippen molar-refractivity contribution in [1.82, 2.24) is 15.0 Å². The molecular formula is C13H15N3O2S. The zero-order valence-electron chi connectivity index (χ0n) is 10.5. The van der Waals surface area contributed by atoms with Crippen molar-refractivity contribution < 1.29 is 9.32 Å². The van der Waals surface area contributed by atoms with Crippen molar-refractivity contribution >= 4 is 17.2 Å². The zero-order chi connectivity index (χ0) is 13.1. The standard InChI is InChI=1S/C13H15N3O2S/c17-13-2-1-5-16(13)6-3-11-14-12(18-15-11)8-10-4-7-19-9-10/h4,7,9H,1-3,5-6,8H2. The largest absolute Gasteiger partial charge is 0.342 e. The highest BCUT2D eigenvalue weighted by Gasteiger charge is 2.20. The minimum absolute atomic E-state index is 0.238. The maximum absolute atomic E-state index is 11.5. The van der Waals surface area contributed by atoms with Crippen molar-refractivity contribution in [2.75, 3.05) is 13.1 Å². The Kier molecular flexibility index (Phi) is 3.59. The molecule has 0 aromatic carbocycles. The fourth-order valence-corrected chi connectivity index (χ4v) is 2.88. The number of aromatic nitrogens is 2. The second-order valence-electron chi connectivity index (χ2n) is 4.65. The van der Waals surface area contributed by atoms with E-state index in [0.29, 0.717) is 37.5 Å². The lowest BCUT2D eigenvalue weighted by atomic mass is 10.2. The van der Waals surface area contributed by atoms with Crippen LogP contribution in [0.5, 0.6) is 0 Å². The van der Waals surface area contributed by atoms with E-state index in [1.807, 2.05) is 10.3 Å². The van der Waals surface area contributed by atoms with Crippen LogP contribution in [0.4, 0.5) is 0 Å². The van der Waals surface area contributed by atoms with Crippen LogP contribution in [0.3, 0.4) is 0 Å². The summed E-state index contributed by atoms with van der Waals surface area (Å²) in [5, 5.41) is 8.07. The molecule has 100 valence electrons. The van der Waals surface area contributed by atoms with Gasteiger partial charge in [0.15, 0.2) is 5.82 Å². The van der Waals surface area contributed by atoms with Crippen LogP contribution in [0, 0.1) is 0 Å². The quantitative estimate of drug-likeness (QED) is 0.837. The van der Waals surface area contributed by atoms with Crippen LogP contribution in [0.1, 0.15) is 30.1 Å². The summed E-state index contributed by atoms with van der Waals surface area (Å²) in [6, 6.07) is 2.05. The lowest BCUT2D eigenvalue weighted by Crippen LogP contribution is -2.27. The fraction of sp³-hybridized carbons (Fsp3) is 0.462. The molecule has 3 heterocycles. The maximum atomic E-state index is 11.5. The number of amides is 1. The van der Waals surface area contributed by atoms with Crippen LogP contribution in [-0.4, -0.2) is 34.0 Å². The van der Waals surface area contributed by atoms with Gasteiger partial charge < -0.3 is 9.42 Å². The molecule has 0 spiro atoms. The van der Waals surface area contributed by atoms with E-state index in [9.17, 15) is 4.79 Å². The first-order valence-electron chi connectivity index (χ1n) is 6.41. The van der Waals surface area contributed by atoms with E-state index >= 15 is 0 Å². The smallest absolute Gasteiger partial charge is 0.231 e. The second-order valence-corrected chi connectivity index (χ2v) is 5.43. The molecule has 5 nitrogen and oxygen atoms in total. The van der Waals surface area contributed by atoms with Crippen molar-refractivity contribution in [3.63, 3.8) is 0 Å². The first-order valence-corrected chi connectivity index (χ1v) is 7.36. The van der Waals surface area contributed by atoms with Gasteiger partial charge in [-0.1, -0.05) is 5.16 Å². The minimum Gasteiger partial charge on any atom is -0.342 e. The maximum Gasteiger partial charge on any atom is 0.231 e. The molecule has 6 heteroatoms. The SMILES string of the molecule is O=C1CCCN1CCc1noc(Cc2ccsc2)n1. The highest BCUT2D eigenvalue weighted by atomic mass is 32.1. The van der Waals surface area contributed by atoms with Crippen molar-refractivity contribution in [2.45, 2.75) is 25.7 Å². The van der Waals surface area contributed by atoms with Crippen LogP contribution < -0.4 is 0 Å². The van der Waals surface area contributed by atoms with E-state index in [2.05, 4.69) is 21.6 Å². The van der Waals surface area contributed by atoms with Crippen molar-refractivity contribution in [2.24, 2.45) is 0 Å². The molecule has 1 saturated heterocycles. The number of rotatable bonds is 5. The van der Waals surface area contributed by atoms with E-state index < -0.39 is 0 Å². The Morgan fingerprint density at radius 2 is 2.42 bits per heavy atom. The van der Waals surface area contributed by atoms with E-state index in [0.717, 1.165) is 13.0 Å². The first kappa shape index (κ1) is 12.3. The molecular weight excluding hydrogens is 262 g/mol. The Morgan fingerprint density at radius 1 is 1.47 bits per heavy atom. The molecule has 19 heavy (non-hydrogen) atoms. The summed E-state index contributed by atoms with van der Waals surface area (Å²) in [6.07, 6.45) is 2.99. The number of carbonyl (C=O) groups excluding carboxylic acids is 1. The zero-order valence-corrected chi connectivity index (χ0v) is 11.4. The third-order valence-corrected chi connectivity index (χ3v) is 3.95. The average Bonchev–Trinajstić information content (AvgIpc) is 3.10. The van der Waals surface area contributed by atoms with Gasteiger partial charge in [0.1, 0.15) is 0 Å². The fourth-order valence-electron chi connectivity index (χ4n) is 2.21. The molecule has 0 unspecified atom stereocenters. The molecule has 0 saturated carbocycles. The normalized spacial score (nSPS) is 15.4. The molecule has 1 fully saturated rings. The highest BCUT2D eigenvalue weighted by Crippen LogP contribution is 2.13. The molecule has 0 aliphatic carbocycles. The number of hydrogen-bond acceptors (Lipinski definition) is 5. The third-order valence-electron chi connectivity index (χ3n) is 3.22. The average molecular weight is 277 g/mol. The van der Waals surface area contributed by atoms with Gasteiger partial charge in [0.2, 0.25) is 11.8 Å². The van der Waals surface area contributed by atoms with Crippen molar-refractivity contribution in [3.8, 4) is 0 Å². The number of likely N-dealkylation sites (tertiary alicyclic amines) is 1. The summed E-state index contributed by atoms with van der Waals surface area (Å²) in [4.78, 5) is 17.7. The van der Waals surface area contributed by atoms with Crippen molar-refractivity contribution in [3.05, 3.63) is 34.1 Å². The molecule has 1 aliphatic rings. The minimum atomic E-state index is 0.238. The van der Waals surface area contributed by atoms with Gasteiger partial charge in [-0.3, -0.25) is 4.79 Å². The van der Waals surface area contributed by atoms with Crippen LogP contribution >= 0.6 is 11.3 Å². The van der Waals surface area contributed by atoms with Gasteiger partial charge in [0.05, 0.1) is 6.42 Å². The third kappa shape index (κ3) is 3.01. The van der Waals surface area contributed by atoms with Gasteiger partial charge in [-0.25, -0.2) is 0 Å². The second kappa shape index (κ2) is 5.52. The Balaban J connectivity index is 1.54. The van der Waals surface area contributed by atoms with Crippen LogP contribution in [-0.2, 0) is 17.6 Å². The summed E-state index contributed by atoms with van der Waals surface area (Å²) in [5.74, 6) is 1.56. The molecule has 0 atom stereocenters. The van der Waals surface area contributed by atoms with Gasteiger partial charge in [-0.05, 0) is 28.8 Å². The Bertz CT molecular complexity index is 550. The van der Waals surface area contributed by atoms with Crippen LogP contribution in [0.25, 0.3) is 0 Å². The summed E-state index contributed by atoms with van der Waals surface area (Å²) >= 11 is 1.66. The van der Waals surface area contributed by atoms with Crippen molar-refractivity contribution in [1.29, 1.82) is 0 Å². The summed E-state index contributed by atoms with van der Waals surface area (Å²) < 4.78 is 5.22. The first-order chi connectivity index (χ1) is 9.31. The molecule has 1 aliphatic heterocycles. The number of carbonyl (C=O) groups is 1. The van der Waals surface area contributed by atoms with Crippen LogP contribution in [0.2, 0.25) is 0 Å². The number of hydrogen-bond donors (Lipinski definition) is 0. The van der Waals surface area contributed by atoms with E-state index in [4.69, 9.17) is 4.52 Å². The number of nitrogens with zero attached hydrogens (tertiary/aromatic N) is 3. The molecule has 0 N–H and O–H groups in total. The topological polar surface area (TPSA) is 59.2 Å². The molecule has 2 aromatic heterocycles. The lowest BCUT2D eigenvalue weighted by Gasteiger charge is -2.13. The monoisotopic (exact) mass is 277 g/mol. The molecule has 3 rings (SSSR count). The molecule has 0 radical (unpaired) electrons. The highest BCUT2D eigenvalue weighted by molar-refractivity contribution is 7.07. The molecule has 2 aromatic rings. The summed E-state index contributed by atoms with van der Waals surface area (Å²) in [5.41, 5.74) is 1.19. The van der Waals surface area contributed by atoms with E-state index in [-0.39, 0.29) is 5.91 Å². The van der Waals surface area contributed by atoms with Gasteiger partial charge in [0, 0.05) is 25.9 Å². The van der Waals surface area contributed by atoms with Gasteiger partial charge >= 0.3 is 0 Å². The van der Waals surface area contributed by atoms with Crippen LogP contribution in [0.15, 0.2) is 21.3 Å². The predicted molar refractivity (Wildman–Crippen MR) is 70.9 cm³/mol. The Labute approximate surface area is 115 Å². The van der Waals surface area contributed by atoms with Gasteiger partial charge in [-0.15, -0.1) is 0 Å². The summed E-state index contributed by atoms with van der Waals surface area (Å²) in [6.45, 7) is 1.55. The van der Waals surface area contributed by atoms with E-state index in [1.165, 1.54) is 5.56 Å². The van der Waals surface area contributed by atoms with Gasteiger partial charge in [-0.2, -0.15) is 16.3 Å². The Hall–Kier alpha value is -1.69. The number of thiophene rings is 1. The Morgan fingerprint density at radius 3 is 3.16 bits per heavy atom.